The minimum absolute atomic E-state index is 0.0519. The molecule has 1 unspecified atom stereocenters. The van der Waals surface area contributed by atoms with Crippen LogP contribution in [0.5, 0.6) is 0 Å². The molecule has 0 bridgehead atoms. The molecule has 0 saturated heterocycles. The number of rotatable bonds is 5. The summed E-state index contributed by atoms with van der Waals surface area (Å²) in [6.45, 7) is 4.31. The van der Waals surface area contributed by atoms with Gasteiger partial charge in [0.25, 0.3) is 0 Å². The van der Waals surface area contributed by atoms with Gasteiger partial charge in [-0.15, -0.1) is 0 Å². The van der Waals surface area contributed by atoms with Gasteiger partial charge in [0, 0.05) is 17.8 Å². The molecule has 0 aromatic heterocycles. The van der Waals surface area contributed by atoms with E-state index in [2.05, 4.69) is 19.9 Å². The first-order valence-electron chi connectivity index (χ1n) is 11.0. The van der Waals surface area contributed by atoms with Gasteiger partial charge in [-0.2, -0.15) is 0 Å². The molecular weight excluding hydrogens is 384 g/mol. The second-order valence-corrected chi connectivity index (χ2v) is 10.2. The molecule has 4 aliphatic rings. The van der Waals surface area contributed by atoms with Crippen molar-refractivity contribution in [3.8, 4) is 0 Å². The number of ketones is 2. The zero-order valence-electron chi connectivity index (χ0n) is 17.6. The normalized spacial score (nSPS) is 41.0. The number of hydrogen-bond donors (Lipinski definition) is 2. The number of fused-ring (bicyclic) bond motifs is 5. The van der Waals surface area contributed by atoms with Crippen molar-refractivity contribution >= 4 is 23.8 Å². The molecular formula is C24H30O6. The molecule has 30 heavy (non-hydrogen) atoms. The third-order valence-corrected chi connectivity index (χ3v) is 8.86. The summed E-state index contributed by atoms with van der Waals surface area (Å²) in [4.78, 5) is 47.5. The molecule has 6 nitrogen and oxygen atoms in total. The molecule has 4 aliphatic carbocycles. The summed E-state index contributed by atoms with van der Waals surface area (Å²) < 4.78 is 0. The van der Waals surface area contributed by atoms with Crippen LogP contribution in [0.15, 0.2) is 23.3 Å². The van der Waals surface area contributed by atoms with E-state index in [1.54, 1.807) is 6.08 Å². The number of hydrogen-bond acceptors (Lipinski definition) is 5. The van der Waals surface area contributed by atoms with Crippen LogP contribution in [-0.2, 0) is 19.2 Å². The quantitative estimate of drug-likeness (QED) is 0.407. The average molecular weight is 414 g/mol. The van der Waals surface area contributed by atoms with Crippen molar-refractivity contribution in [2.45, 2.75) is 64.9 Å². The minimum Gasteiger partial charge on any atom is -0.479 e. The third-order valence-electron chi connectivity index (χ3n) is 8.86. The van der Waals surface area contributed by atoms with Crippen molar-refractivity contribution in [1.82, 2.24) is 0 Å². The van der Waals surface area contributed by atoms with Gasteiger partial charge in [-0.05, 0) is 67.8 Å². The molecule has 6 heteroatoms. The summed E-state index contributed by atoms with van der Waals surface area (Å²) in [5.74, 6) is -1.84. The molecule has 4 rings (SSSR count). The Morgan fingerprint density at radius 1 is 1.30 bits per heavy atom. The molecule has 2 saturated carbocycles. The Balaban J connectivity index is 1.76. The van der Waals surface area contributed by atoms with Gasteiger partial charge in [0.1, 0.15) is 0 Å². The van der Waals surface area contributed by atoms with E-state index in [9.17, 15) is 24.3 Å². The van der Waals surface area contributed by atoms with E-state index in [0.29, 0.717) is 19.1 Å². The van der Waals surface area contributed by atoms with Crippen LogP contribution in [0.25, 0.3) is 0 Å². The highest BCUT2D eigenvalue weighted by Crippen LogP contribution is 2.66. The van der Waals surface area contributed by atoms with Gasteiger partial charge in [-0.25, -0.2) is 4.79 Å². The van der Waals surface area contributed by atoms with Crippen molar-refractivity contribution in [2.24, 2.45) is 34.5 Å². The number of carbonyl (C=O) groups is 4. The lowest BCUT2D eigenvalue weighted by Gasteiger charge is -2.55. The van der Waals surface area contributed by atoms with Gasteiger partial charge in [0.05, 0.1) is 0 Å². The summed E-state index contributed by atoms with van der Waals surface area (Å²) in [5.41, 5.74) is 1.70. The van der Waals surface area contributed by atoms with Gasteiger partial charge in [-0.1, -0.05) is 31.1 Å². The Kier molecular flexibility index (Phi) is 5.12. The molecule has 0 aliphatic heterocycles. The Morgan fingerprint density at radius 3 is 2.70 bits per heavy atom. The molecule has 0 aromatic carbocycles. The number of aliphatic hydroxyl groups is 1. The lowest BCUT2D eigenvalue weighted by molar-refractivity contribution is -0.148. The van der Waals surface area contributed by atoms with Gasteiger partial charge in [-0.3, -0.25) is 14.4 Å². The number of Topliss-reactive ketones (excluding diaryl/α,β-unsaturated/α-hetero) is 1. The largest absolute Gasteiger partial charge is 0.479 e. The summed E-state index contributed by atoms with van der Waals surface area (Å²) in [6.07, 6.45) is 7.24. The summed E-state index contributed by atoms with van der Waals surface area (Å²) in [7, 11) is 0. The number of allylic oxidation sites excluding steroid dienone is 4. The van der Waals surface area contributed by atoms with Crippen LogP contribution >= 0.6 is 0 Å². The van der Waals surface area contributed by atoms with Crippen molar-refractivity contribution < 1.29 is 29.4 Å². The first kappa shape index (κ1) is 21.2. The number of carbonyl (C=O) groups excluding carboxylic acids is 3. The van der Waals surface area contributed by atoms with E-state index < -0.39 is 23.8 Å². The Labute approximate surface area is 176 Å². The molecule has 2 fully saturated rings. The van der Waals surface area contributed by atoms with Crippen molar-refractivity contribution in [3.05, 3.63) is 23.3 Å². The van der Waals surface area contributed by atoms with E-state index in [-0.39, 0.29) is 40.8 Å². The number of aliphatic carboxylic acids is 1. The minimum atomic E-state index is -1.38. The van der Waals surface area contributed by atoms with Gasteiger partial charge >= 0.3 is 5.97 Å². The van der Waals surface area contributed by atoms with E-state index in [0.717, 1.165) is 31.3 Å². The number of aliphatic hydroxyl groups excluding tert-OH is 1. The predicted octanol–water partition coefficient (Wildman–Crippen LogP) is 2.88. The van der Waals surface area contributed by atoms with E-state index >= 15 is 0 Å². The van der Waals surface area contributed by atoms with Crippen LogP contribution < -0.4 is 0 Å². The maximum Gasteiger partial charge on any atom is 0.332 e. The second-order valence-electron chi connectivity index (χ2n) is 10.2. The van der Waals surface area contributed by atoms with Crippen LogP contribution in [0, 0.1) is 34.5 Å². The zero-order valence-corrected chi connectivity index (χ0v) is 17.6. The first-order valence-corrected chi connectivity index (χ1v) is 11.0. The lowest BCUT2D eigenvalue weighted by Crippen LogP contribution is -2.50. The second kappa shape index (κ2) is 7.26. The maximum atomic E-state index is 12.7. The molecule has 0 radical (unpaired) electrons. The van der Waals surface area contributed by atoms with Gasteiger partial charge in [0.15, 0.2) is 24.0 Å². The fourth-order valence-corrected chi connectivity index (χ4v) is 7.08. The fraction of sp³-hybridized carbons (Fsp3) is 0.667. The van der Waals surface area contributed by atoms with Crippen LogP contribution in [0.3, 0.4) is 0 Å². The van der Waals surface area contributed by atoms with Crippen LogP contribution in [-0.4, -0.2) is 40.1 Å². The highest BCUT2D eigenvalue weighted by Gasteiger charge is 2.59. The van der Waals surface area contributed by atoms with Gasteiger partial charge in [0.2, 0.25) is 0 Å². The molecule has 0 heterocycles. The Bertz CT molecular complexity index is 869. The van der Waals surface area contributed by atoms with E-state index in [4.69, 9.17) is 5.11 Å². The zero-order chi connectivity index (χ0) is 21.8. The molecule has 0 aromatic rings. The molecule has 0 amide bonds. The summed E-state index contributed by atoms with van der Waals surface area (Å²) in [6, 6.07) is 0. The third kappa shape index (κ3) is 3.03. The number of carboxylic acid groups (broad SMARTS) is 1. The molecule has 0 spiro atoms. The predicted molar refractivity (Wildman–Crippen MR) is 108 cm³/mol. The highest BCUT2D eigenvalue weighted by atomic mass is 16.4. The van der Waals surface area contributed by atoms with Crippen molar-refractivity contribution in [2.75, 3.05) is 0 Å². The lowest BCUT2D eigenvalue weighted by atomic mass is 9.48. The van der Waals surface area contributed by atoms with Crippen LogP contribution in [0.2, 0.25) is 0 Å². The van der Waals surface area contributed by atoms with E-state index in [1.165, 1.54) is 5.57 Å². The fourth-order valence-electron chi connectivity index (χ4n) is 7.08. The monoisotopic (exact) mass is 414 g/mol. The smallest absolute Gasteiger partial charge is 0.332 e. The standard InChI is InChI=1S/C24H30O6/c1-23-8-6-18-21(17(23)4-3-13(23)11-19(27)22(29)30)16(20(28)12-25)10-14-9-15(26)5-7-24(14,18)2/h6,9,12-13,16-17,19,21,27H,3-5,7-8,10-11H2,1-2H3,(H,29,30)/t13-,16+,17+,19?,21+,23-,24+/m1/s1. The molecule has 2 N–H and O–H groups in total. The SMILES string of the molecule is C[C@]12CCC(=O)C=C1C[C@@H](C(=O)C=O)[C@@H]1C2=CC[C@]2(C)[C@@H](CC(O)C(=O)O)CC[C@@H]12. The molecule has 162 valence electrons. The maximum absolute atomic E-state index is 12.7. The number of carboxylic acids is 1. The van der Waals surface area contributed by atoms with Crippen molar-refractivity contribution in [3.63, 3.8) is 0 Å². The highest BCUT2D eigenvalue weighted by molar-refractivity contribution is 6.26. The first-order chi connectivity index (χ1) is 14.1. The van der Waals surface area contributed by atoms with Crippen LogP contribution in [0.4, 0.5) is 0 Å². The van der Waals surface area contributed by atoms with Crippen LogP contribution in [0.1, 0.15) is 58.8 Å². The Morgan fingerprint density at radius 2 is 2.03 bits per heavy atom. The topological polar surface area (TPSA) is 109 Å². The van der Waals surface area contributed by atoms with Crippen molar-refractivity contribution in [1.29, 1.82) is 0 Å². The number of aldehydes is 1. The summed E-state index contributed by atoms with van der Waals surface area (Å²) in [5, 5.41) is 19.1. The van der Waals surface area contributed by atoms with Gasteiger partial charge < -0.3 is 10.2 Å². The summed E-state index contributed by atoms with van der Waals surface area (Å²) >= 11 is 0. The van der Waals surface area contributed by atoms with E-state index in [1.807, 2.05) is 0 Å². The Hall–Kier alpha value is -2.08. The average Bonchev–Trinajstić information content (AvgIpc) is 3.03. The molecule has 7 atom stereocenters.